The largest absolute Gasteiger partial charge is 0.333 e. The Balaban J connectivity index is 1.39. The first-order valence-electron chi connectivity index (χ1n) is 10.5. The summed E-state index contributed by atoms with van der Waals surface area (Å²) in [6.45, 7) is 5.22. The van der Waals surface area contributed by atoms with Gasteiger partial charge in [-0.2, -0.15) is 0 Å². The molecule has 0 aliphatic carbocycles. The quantitative estimate of drug-likeness (QED) is 0.603. The molecular weight excluding hydrogens is 433 g/mol. The van der Waals surface area contributed by atoms with Crippen LogP contribution in [-0.2, 0) is 11.3 Å². The smallest absolute Gasteiger partial charge is 0.254 e. The maximum absolute atomic E-state index is 13.2. The van der Waals surface area contributed by atoms with Gasteiger partial charge in [0.15, 0.2) is 16.7 Å². The predicted octanol–water partition coefficient (Wildman–Crippen LogP) is 2.84. The minimum atomic E-state index is -0.377. The Morgan fingerprint density at radius 1 is 1.03 bits per heavy atom. The molecular formula is C21H22FN7O2S. The highest BCUT2D eigenvalue weighted by molar-refractivity contribution is 7.14. The second-order valence-electron chi connectivity index (χ2n) is 8.03. The SMILES string of the molecule is CC(=O)N1CCCC1c1nnc(-c2nnc3n2CCN(C(=O)c2ccc(F)cc2)[C@@H]3C)s1. The van der Waals surface area contributed by atoms with Gasteiger partial charge in [0, 0.05) is 32.1 Å². The number of amides is 2. The summed E-state index contributed by atoms with van der Waals surface area (Å²) in [5, 5.41) is 18.8. The summed E-state index contributed by atoms with van der Waals surface area (Å²) in [4.78, 5) is 28.4. The van der Waals surface area contributed by atoms with Gasteiger partial charge in [-0.3, -0.25) is 9.59 Å². The lowest BCUT2D eigenvalue weighted by molar-refractivity contribution is -0.129. The third-order valence-electron chi connectivity index (χ3n) is 6.11. The van der Waals surface area contributed by atoms with E-state index in [1.54, 1.807) is 11.8 Å². The van der Waals surface area contributed by atoms with E-state index in [1.165, 1.54) is 35.6 Å². The minimum Gasteiger partial charge on any atom is -0.333 e. The molecule has 9 nitrogen and oxygen atoms in total. The van der Waals surface area contributed by atoms with Crippen molar-refractivity contribution in [1.82, 2.24) is 34.8 Å². The van der Waals surface area contributed by atoms with Gasteiger partial charge in [0.25, 0.3) is 5.91 Å². The number of aromatic nitrogens is 5. The molecule has 11 heteroatoms. The van der Waals surface area contributed by atoms with Crippen molar-refractivity contribution in [3.8, 4) is 10.8 Å². The van der Waals surface area contributed by atoms with Crippen LogP contribution in [-0.4, -0.2) is 59.7 Å². The summed E-state index contributed by atoms with van der Waals surface area (Å²) >= 11 is 1.43. The summed E-state index contributed by atoms with van der Waals surface area (Å²) in [6, 6.07) is 5.22. The molecule has 1 saturated heterocycles. The number of likely N-dealkylation sites (tertiary alicyclic amines) is 1. The van der Waals surface area contributed by atoms with Crippen LogP contribution in [0.5, 0.6) is 0 Å². The molecule has 0 spiro atoms. The van der Waals surface area contributed by atoms with Crippen LogP contribution in [0.2, 0.25) is 0 Å². The molecule has 0 N–H and O–H groups in total. The third-order valence-corrected chi connectivity index (χ3v) is 7.13. The zero-order valence-corrected chi connectivity index (χ0v) is 18.5. The number of hydrogen-bond donors (Lipinski definition) is 0. The molecule has 2 aromatic heterocycles. The fraction of sp³-hybridized carbons (Fsp3) is 0.429. The van der Waals surface area contributed by atoms with Crippen molar-refractivity contribution in [2.24, 2.45) is 0 Å². The van der Waals surface area contributed by atoms with Gasteiger partial charge in [-0.1, -0.05) is 11.3 Å². The summed E-state index contributed by atoms with van der Waals surface area (Å²) in [7, 11) is 0. The lowest BCUT2D eigenvalue weighted by atomic mass is 10.1. The minimum absolute atomic E-state index is 0.0368. The fourth-order valence-electron chi connectivity index (χ4n) is 4.44. The van der Waals surface area contributed by atoms with E-state index in [4.69, 9.17) is 0 Å². The normalized spacial score (nSPS) is 20.5. The van der Waals surface area contributed by atoms with E-state index in [-0.39, 0.29) is 29.7 Å². The third kappa shape index (κ3) is 3.46. The molecule has 2 atom stereocenters. The first-order valence-corrected chi connectivity index (χ1v) is 11.4. The molecule has 2 aliphatic rings. The van der Waals surface area contributed by atoms with Crippen molar-refractivity contribution in [3.05, 3.63) is 46.5 Å². The van der Waals surface area contributed by atoms with Gasteiger partial charge >= 0.3 is 0 Å². The predicted molar refractivity (Wildman–Crippen MR) is 114 cm³/mol. The molecule has 5 rings (SSSR count). The van der Waals surface area contributed by atoms with E-state index in [2.05, 4.69) is 20.4 Å². The number of nitrogens with zero attached hydrogens (tertiary/aromatic N) is 7. The van der Waals surface area contributed by atoms with Crippen molar-refractivity contribution in [2.45, 2.75) is 45.3 Å². The van der Waals surface area contributed by atoms with E-state index in [9.17, 15) is 14.0 Å². The van der Waals surface area contributed by atoms with Crippen molar-refractivity contribution >= 4 is 23.2 Å². The Morgan fingerprint density at radius 2 is 1.81 bits per heavy atom. The van der Waals surface area contributed by atoms with Gasteiger partial charge in [-0.25, -0.2) is 4.39 Å². The van der Waals surface area contributed by atoms with Crippen LogP contribution in [0.3, 0.4) is 0 Å². The van der Waals surface area contributed by atoms with Crippen LogP contribution < -0.4 is 0 Å². The second kappa shape index (κ2) is 8.05. The summed E-state index contributed by atoms with van der Waals surface area (Å²) in [6.07, 6.45) is 1.83. The summed E-state index contributed by atoms with van der Waals surface area (Å²) < 4.78 is 15.2. The first kappa shape index (κ1) is 20.7. The van der Waals surface area contributed by atoms with Crippen LogP contribution in [0.25, 0.3) is 10.8 Å². The van der Waals surface area contributed by atoms with Gasteiger partial charge in [-0.15, -0.1) is 20.4 Å². The Kier molecular flexibility index (Phi) is 5.20. The lowest BCUT2D eigenvalue weighted by Crippen LogP contribution is -2.41. The zero-order chi connectivity index (χ0) is 22.4. The molecule has 1 fully saturated rings. The number of carbonyl (C=O) groups is 2. The lowest BCUT2D eigenvalue weighted by Gasteiger charge is -2.33. The van der Waals surface area contributed by atoms with Gasteiger partial charge in [0.05, 0.1) is 12.1 Å². The molecule has 4 heterocycles. The molecule has 2 aliphatic heterocycles. The van der Waals surface area contributed by atoms with Gasteiger partial charge in [0.1, 0.15) is 10.8 Å². The Bertz CT molecular complexity index is 1180. The Hall–Kier alpha value is -3.21. The first-order chi connectivity index (χ1) is 15.4. The highest BCUT2D eigenvalue weighted by atomic mass is 32.1. The number of halogens is 1. The molecule has 1 unspecified atom stereocenters. The van der Waals surface area contributed by atoms with Gasteiger partial charge < -0.3 is 14.4 Å². The maximum atomic E-state index is 13.2. The number of hydrogen-bond acceptors (Lipinski definition) is 7. The summed E-state index contributed by atoms with van der Waals surface area (Å²) in [5.41, 5.74) is 0.437. The molecule has 0 bridgehead atoms. The van der Waals surface area contributed by atoms with Crippen molar-refractivity contribution < 1.29 is 14.0 Å². The monoisotopic (exact) mass is 455 g/mol. The molecule has 0 radical (unpaired) electrons. The highest BCUT2D eigenvalue weighted by Gasteiger charge is 2.34. The van der Waals surface area contributed by atoms with Crippen molar-refractivity contribution in [3.63, 3.8) is 0 Å². The average molecular weight is 456 g/mol. The number of rotatable bonds is 3. The van der Waals surface area contributed by atoms with Crippen LogP contribution in [0.1, 0.15) is 60.0 Å². The van der Waals surface area contributed by atoms with E-state index in [0.29, 0.717) is 35.3 Å². The summed E-state index contributed by atoms with van der Waals surface area (Å²) in [5.74, 6) is 0.792. The van der Waals surface area contributed by atoms with Crippen LogP contribution >= 0.6 is 11.3 Å². The molecule has 3 aromatic rings. The molecule has 0 saturated carbocycles. The molecule has 2 amide bonds. The zero-order valence-electron chi connectivity index (χ0n) is 17.7. The topological polar surface area (TPSA) is 97.1 Å². The van der Waals surface area contributed by atoms with Gasteiger partial charge in [0.2, 0.25) is 5.91 Å². The van der Waals surface area contributed by atoms with Crippen molar-refractivity contribution in [2.75, 3.05) is 13.1 Å². The Labute approximate surface area is 187 Å². The molecule has 32 heavy (non-hydrogen) atoms. The number of carbonyl (C=O) groups excluding carboxylic acids is 2. The van der Waals surface area contributed by atoms with Crippen LogP contribution in [0.4, 0.5) is 4.39 Å². The highest BCUT2D eigenvalue weighted by Crippen LogP contribution is 2.37. The fourth-order valence-corrected chi connectivity index (χ4v) is 5.42. The van der Waals surface area contributed by atoms with E-state index < -0.39 is 0 Å². The Morgan fingerprint density at radius 3 is 2.56 bits per heavy atom. The van der Waals surface area contributed by atoms with E-state index in [0.717, 1.165) is 24.4 Å². The van der Waals surface area contributed by atoms with E-state index in [1.807, 2.05) is 16.4 Å². The molecule has 1 aromatic carbocycles. The average Bonchev–Trinajstić information content (AvgIpc) is 3.52. The standard InChI is InChI=1S/C21H22FN7O2S/c1-12-17-23-24-18(20-26-25-19(32-20)16-4-3-9-28(16)13(2)30)29(17)11-10-27(12)21(31)14-5-7-15(22)8-6-14/h5-8,12,16H,3-4,9-11H2,1-2H3/t12-,16?/m1/s1. The molecule has 166 valence electrons. The second-order valence-corrected chi connectivity index (χ2v) is 9.04. The van der Waals surface area contributed by atoms with Crippen LogP contribution in [0, 0.1) is 5.82 Å². The number of fused-ring (bicyclic) bond motifs is 1. The van der Waals surface area contributed by atoms with Crippen molar-refractivity contribution in [1.29, 1.82) is 0 Å². The van der Waals surface area contributed by atoms with E-state index >= 15 is 0 Å². The van der Waals surface area contributed by atoms with Gasteiger partial charge in [-0.05, 0) is 44.0 Å². The number of benzene rings is 1. The maximum Gasteiger partial charge on any atom is 0.254 e. The van der Waals surface area contributed by atoms with Crippen LogP contribution in [0.15, 0.2) is 24.3 Å².